The van der Waals surface area contributed by atoms with E-state index in [0.717, 1.165) is 0 Å². The fraction of sp³-hybridized carbons (Fsp3) is 0.111. The Kier molecular flexibility index (Phi) is 2.96. The van der Waals surface area contributed by atoms with Gasteiger partial charge in [0.25, 0.3) is 0 Å². The summed E-state index contributed by atoms with van der Waals surface area (Å²) in [7, 11) is 4.12. The van der Waals surface area contributed by atoms with Gasteiger partial charge in [-0.2, -0.15) is 0 Å². The summed E-state index contributed by atoms with van der Waals surface area (Å²) in [5, 5.41) is 0. The summed E-state index contributed by atoms with van der Waals surface area (Å²) in [6.45, 7) is 0. The topological polar surface area (TPSA) is 3.24 Å². The summed E-state index contributed by atoms with van der Waals surface area (Å²) in [6.07, 6.45) is 0. The highest BCUT2D eigenvalue weighted by Crippen LogP contribution is 2.26. The van der Waals surface area contributed by atoms with Crippen molar-refractivity contribution in [2.24, 2.45) is 0 Å². The van der Waals surface area contributed by atoms with Crippen LogP contribution in [0.4, 0.5) is 5.69 Å². The number of hydrogen-bond acceptors (Lipinski definition) is 1. The molecule has 0 saturated carbocycles. The Morgan fingerprint density at radius 1 is 0.526 bits per heavy atom. The molecule has 94 valence electrons. The summed E-state index contributed by atoms with van der Waals surface area (Å²) in [6, 6.07) is 23.8. The first-order chi connectivity index (χ1) is 9.24. The lowest BCUT2D eigenvalue weighted by molar-refractivity contribution is 1.13. The SMILES string of the molecule is CN(C)c1ccc(-c2ccc3cccc-3cc2)cc1. The molecule has 0 fully saturated rings. The second kappa shape index (κ2) is 4.77. The Morgan fingerprint density at radius 3 is 1.32 bits per heavy atom. The van der Waals surface area contributed by atoms with Gasteiger partial charge >= 0.3 is 0 Å². The zero-order chi connectivity index (χ0) is 13.2. The van der Waals surface area contributed by atoms with Crippen LogP contribution in [0.3, 0.4) is 0 Å². The predicted molar refractivity (Wildman–Crippen MR) is 82.8 cm³/mol. The van der Waals surface area contributed by atoms with E-state index in [4.69, 9.17) is 0 Å². The Hall–Kier alpha value is -2.28. The second-order valence-electron chi connectivity index (χ2n) is 5.00. The van der Waals surface area contributed by atoms with Crippen LogP contribution in [-0.4, -0.2) is 14.1 Å². The molecule has 0 aromatic heterocycles. The fourth-order valence-electron chi connectivity index (χ4n) is 2.31. The van der Waals surface area contributed by atoms with E-state index in [0.29, 0.717) is 0 Å². The molecule has 2 aliphatic rings. The lowest BCUT2D eigenvalue weighted by Crippen LogP contribution is -2.07. The normalized spacial score (nSPS) is 10.6. The van der Waals surface area contributed by atoms with Crippen LogP contribution in [0.15, 0.2) is 66.7 Å². The van der Waals surface area contributed by atoms with Gasteiger partial charge in [-0.15, -0.1) is 0 Å². The molecule has 2 aliphatic carbocycles. The minimum atomic E-state index is 1.22. The molecule has 1 aromatic carbocycles. The average molecular weight is 247 g/mol. The average Bonchev–Trinajstić information content (AvgIpc) is 2.78. The van der Waals surface area contributed by atoms with Crippen molar-refractivity contribution in [1.29, 1.82) is 0 Å². The maximum Gasteiger partial charge on any atom is 0.0361 e. The van der Waals surface area contributed by atoms with Gasteiger partial charge in [-0.1, -0.05) is 54.6 Å². The van der Waals surface area contributed by atoms with E-state index in [1.807, 2.05) is 0 Å². The van der Waals surface area contributed by atoms with Crippen molar-refractivity contribution in [3.8, 4) is 22.3 Å². The molecule has 0 atom stereocenters. The minimum Gasteiger partial charge on any atom is -0.378 e. The number of fused-ring (bicyclic) bond motifs is 1. The number of rotatable bonds is 2. The highest BCUT2D eigenvalue weighted by atomic mass is 15.1. The fourth-order valence-corrected chi connectivity index (χ4v) is 2.31. The summed E-state index contributed by atoms with van der Waals surface area (Å²) < 4.78 is 0. The largest absolute Gasteiger partial charge is 0.378 e. The quantitative estimate of drug-likeness (QED) is 0.643. The standard InChI is InChI=1S/C18H17N/c1-19(2)18-12-10-17(11-13-18)16-8-6-14-4-3-5-15(14)7-9-16/h3-13H,1-2H3. The van der Waals surface area contributed by atoms with Crippen LogP contribution in [0, 0.1) is 0 Å². The summed E-state index contributed by atoms with van der Waals surface area (Å²) in [4.78, 5) is 2.11. The van der Waals surface area contributed by atoms with Crippen molar-refractivity contribution in [2.45, 2.75) is 0 Å². The zero-order valence-corrected chi connectivity index (χ0v) is 11.3. The molecule has 0 unspecified atom stereocenters. The van der Waals surface area contributed by atoms with Crippen LogP contribution >= 0.6 is 0 Å². The molecule has 0 bridgehead atoms. The third-order valence-electron chi connectivity index (χ3n) is 3.49. The Bertz CT molecular complexity index is 622. The van der Waals surface area contributed by atoms with E-state index in [1.165, 1.54) is 27.9 Å². The van der Waals surface area contributed by atoms with Crippen LogP contribution in [-0.2, 0) is 0 Å². The van der Waals surface area contributed by atoms with Gasteiger partial charge in [0.05, 0.1) is 0 Å². The molecule has 0 saturated heterocycles. The van der Waals surface area contributed by atoms with Crippen LogP contribution in [0.25, 0.3) is 22.3 Å². The molecule has 0 heterocycles. The molecule has 0 amide bonds. The van der Waals surface area contributed by atoms with Crippen molar-refractivity contribution in [3.05, 3.63) is 66.7 Å². The van der Waals surface area contributed by atoms with Crippen molar-refractivity contribution >= 4 is 5.69 Å². The molecule has 0 aliphatic heterocycles. The van der Waals surface area contributed by atoms with Gasteiger partial charge in [0, 0.05) is 19.8 Å². The Labute approximate surface area is 114 Å². The first kappa shape index (κ1) is 11.8. The first-order valence-corrected chi connectivity index (χ1v) is 6.50. The monoisotopic (exact) mass is 247 g/mol. The lowest BCUT2D eigenvalue weighted by atomic mass is 10.1. The molecule has 0 radical (unpaired) electrons. The first-order valence-electron chi connectivity index (χ1n) is 6.50. The number of anilines is 1. The maximum atomic E-state index is 2.19. The van der Waals surface area contributed by atoms with Crippen molar-refractivity contribution < 1.29 is 0 Å². The van der Waals surface area contributed by atoms with Gasteiger partial charge in [-0.25, -0.2) is 0 Å². The third kappa shape index (κ3) is 2.32. The Morgan fingerprint density at radius 2 is 0.895 bits per heavy atom. The number of nitrogens with zero attached hydrogens (tertiary/aromatic N) is 1. The molecule has 0 spiro atoms. The molecular weight excluding hydrogens is 230 g/mol. The molecule has 0 N–H and O–H groups in total. The smallest absolute Gasteiger partial charge is 0.0361 e. The minimum absolute atomic E-state index is 1.22. The van der Waals surface area contributed by atoms with Crippen molar-refractivity contribution in [2.75, 3.05) is 19.0 Å². The van der Waals surface area contributed by atoms with E-state index < -0.39 is 0 Å². The van der Waals surface area contributed by atoms with Crippen LogP contribution in [0.1, 0.15) is 0 Å². The van der Waals surface area contributed by atoms with Crippen LogP contribution in [0.5, 0.6) is 0 Å². The summed E-state index contributed by atoms with van der Waals surface area (Å²) in [5.74, 6) is 0. The van der Waals surface area contributed by atoms with Gasteiger partial charge < -0.3 is 4.90 Å². The predicted octanol–water partition coefficient (Wildman–Crippen LogP) is 4.52. The zero-order valence-electron chi connectivity index (χ0n) is 11.3. The van der Waals surface area contributed by atoms with Gasteiger partial charge in [0.1, 0.15) is 0 Å². The maximum absolute atomic E-state index is 2.19. The number of benzene rings is 1. The summed E-state index contributed by atoms with van der Waals surface area (Å²) in [5.41, 5.74) is 6.31. The van der Waals surface area contributed by atoms with Crippen LogP contribution in [0.2, 0.25) is 0 Å². The molecule has 1 heteroatoms. The van der Waals surface area contributed by atoms with E-state index in [9.17, 15) is 0 Å². The highest BCUT2D eigenvalue weighted by Gasteiger charge is 2.02. The third-order valence-corrected chi connectivity index (χ3v) is 3.49. The van der Waals surface area contributed by atoms with E-state index in [2.05, 4.69) is 85.7 Å². The molecule has 3 rings (SSSR count). The molecule has 19 heavy (non-hydrogen) atoms. The second-order valence-corrected chi connectivity index (χ2v) is 5.00. The van der Waals surface area contributed by atoms with Gasteiger partial charge in [0.2, 0.25) is 0 Å². The summed E-state index contributed by atoms with van der Waals surface area (Å²) >= 11 is 0. The molecular formula is C18H17N. The number of hydrogen-bond donors (Lipinski definition) is 0. The van der Waals surface area contributed by atoms with E-state index >= 15 is 0 Å². The van der Waals surface area contributed by atoms with Crippen molar-refractivity contribution in [1.82, 2.24) is 0 Å². The van der Waals surface area contributed by atoms with Gasteiger partial charge in [-0.05, 0) is 34.4 Å². The molecule has 1 aromatic rings. The Balaban J connectivity index is 2.01. The lowest BCUT2D eigenvalue weighted by Gasteiger charge is -2.12. The van der Waals surface area contributed by atoms with Crippen LogP contribution < -0.4 is 4.90 Å². The van der Waals surface area contributed by atoms with Gasteiger partial charge in [-0.3, -0.25) is 0 Å². The van der Waals surface area contributed by atoms with E-state index in [1.54, 1.807) is 0 Å². The van der Waals surface area contributed by atoms with Gasteiger partial charge in [0.15, 0.2) is 0 Å². The molecule has 1 nitrogen and oxygen atoms in total. The van der Waals surface area contributed by atoms with E-state index in [-0.39, 0.29) is 0 Å². The highest BCUT2D eigenvalue weighted by molar-refractivity contribution is 5.72. The van der Waals surface area contributed by atoms with Crippen molar-refractivity contribution in [3.63, 3.8) is 0 Å².